The van der Waals surface area contributed by atoms with Crippen LogP contribution in [-0.4, -0.2) is 13.7 Å². The van der Waals surface area contributed by atoms with E-state index in [-0.39, 0.29) is 6.04 Å². The van der Waals surface area contributed by atoms with Crippen LogP contribution >= 0.6 is 0 Å². The first-order valence-electron chi connectivity index (χ1n) is 7.05. The van der Waals surface area contributed by atoms with Gasteiger partial charge < -0.3 is 10.1 Å². The van der Waals surface area contributed by atoms with Gasteiger partial charge in [-0.05, 0) is 45.7 Å². The molecule has 1 N–H and O–H groups in total. The topological polar surface area (TPSA) is 21.3 Å². The van der Waals surface area contributed by atoms with Crippen molar-refractivity contribution in [1.29, 1.82) is 0 Å². The lowest BCUT2D eigenvalue weighted by Gasteiger charge is -2.29. The van der Waals surface area contributed by atoms with E-state index in [0.717, 1.165) is 18.5 Å². The Hall–Kier alpha value is -1.09. The van der Waals surface area contributed by atoms with Crippen LogP contribution in [-0.2, 0) is 5.67 Å². The van der Waals surface area contributed by atoms with E-state index >= 15 is 0 Å². The molecular weight excluding hydrogens is 241 g/mol. The van der Waals surface area contributed by atoms with Gasteiger partial charge >= 0.3 is 0 Å². The number of aryl methyl sites for hydroxylation is 1. The molecule has 1 unspecified atom stereocenters. The van der Waals surface area contributed by atoms with Crippen LogP contribution in [0, 0.1) is 6.92 Å². The first-order chi connectivity index (χ1) is 8.95. The number of hydrogen-bond acceptors (Lipinski definition) is 2. The summed E-state index contributed by atoms with van der Waals surface area (Å²) in [6.07, 6.45) is 3.52. The molecule has 1 fully saturated rings. The molecule has 1 saturated heterocycles. The van der Waals surface area contributed by atoms with E-state index in [0.29, 0.717) is 11.3 Å². The van der Waals surface area contributed by atoms with Crippen molar-refractivity contribution in [3.05, 3.63) is 28.8 Å². The molecule has 0 radical (unpaired) electrons. The van der Waals surface area contributed by atoms with Crippen molar-refractivity contribution < 1.29 is 9.13 Å². The Bertz CT molecular complexity index is 445. The third-order valence-electron chi connectivity index (χ3n) is 3.92. The van der Waals surface area contributed by atoms with Crippen LogP contribution in [0.25, 0.3) is 0 Å². The number of piperidine rings is 1. The van der Waals surface area contributed by atoms with Crippen molar-refractivity contribution in [3.8, 4) is 5.75 Å². The fourth-order valence-electron chi connectivity index (χ4n) is 2.92. The van der Waals surface area contributed by atoms with Crippen LogP contribution in [0.3, 0.4) is 0 Å². The Labute approximate surface area is 115 Å². The predicted molar refractivity (Wildman–Crippen MR) is 76.5 cm³/mol. The Balaban J connectivity index is 2.51. The third-order valence-corrected chi connectivity index (χ3v) is 3.92. The van der Waals surface area contributed by atoms with Gasteiger partial charge in [0.2, 0.25) is 0 Å². The Morgan fingerprint density at radius 1 is 1.32 bits per heavy atom. The summed E-state index contributed by atoms with van der Waals surface area (Å²) in [5.74, 6) is 0.715. The van der Waals surface area contributed by atoms with Crippen molar-refractivity contribution in [2.75, 3.05) is 13.7 Å². The molecule has 2 nitrogen and oxygen atoms in total. The molecule has 1 aromatic rings. The molecular formula is C16H24FNO. The van der Waals surface area contributed by atoms with E-state index in [1.54, 1.807) is 21.0 Å². The van der Waals surface area contributed by atoms with Crippen LogP contribution in [0.4, 0.5) is 4.39 Å². The summed E-state index contributed by atoms with van der Waals surface area (Å²) in [5.41, 5.74) is 1.56. The van der Waals surface area contributed by atoms with Crippen molar-refractivity contribution >= 4 is 0 Å². The molecule has 1 atom stereocenters. The maximum absolute atomic E-state index is 14.3. The van der Waals surface area contributed by atoms with Gasteiger partial charge in [0.1, 0.15) is 11.4 Å². The zero-order valence-corrected chi connectivity index (χ0v) is 12.3. The van der Waals surface area contributed by atoms with E-state index < -0.39 is 5.67 Å². The summed E-state index contributed by atoms with van der Waals surface area (Å²) in [4.78, 5) is 0. The molecule has 1 aliphatic rings. The smallest absolute Gasteiger partial charge is 0.134 e. The summed E-state index contributed by atoms with van der Waals surface area (Å²) < 4.78 is 19.9. The van der Waals surface area contributed by atoms with Gasteiger partial charge in [-0.1, -0.05) is 18.6 Å². The van der Waals surface area contributed by atoms with Crippen molar-refractivity contribution in [1.82, 2.24) is 5.32 Å². The SMILES string of the molecule is COc1c(C(C)(C)F)ccc(C)c1C1CCCCN1. The Morgan fingerprint density at radius 2 is 2.05 bits per heavy atom. The molecule has 0 aromatic heterocycles. The number of rotatable bonds is 3. The second kappa shape index (κ2) is 5.49. The van der Waals surface area contributed by atoms with E-state index in [9.17, 15) is 4.39 Å². The molecule has 0 aliphatic carbocycles. The van der Waals surface area contributed by atoms with Crippen LogP contribution in [0.5, 0.6) is 5.75 Å². The molecule has 0 spiro atoms. The van der Waals surface area contributed by atoms with E-state index in [1.807, 2.05) is 12.1 Å². The molecule has 19 heavy (non-hydrogen) atoms. The molecule has 2 rings (SSSR count). The zero-order valence-electron chi connectivity index (χ0n) is 12.3. The Kier molecular flexibility index (Phi) is 4.14. The molecule has 0 amide bonds. The van der Waals surface area contributed by atoms with Gasteiger partial charge in [-0.15, -0.1) is 0 Å². The van der Waals surface area contributed by atoms with E-state index in [4.69, 9.17) is 4.74 Å². The van der Waals surface area contributed by atoms with Crippen LogP contribution in [0.2, 0.25) is 0 Å². The predicted octanol–water partition coefficient (Wildman–Crippen LogP) is 4.02. The first kappa shape index (κ1) is 14.3. The molecule has 0 saturated carbocycles. The lowest BCUT2D eigenvalue weighted by atomic mass is 9.88. The maximum atomic E-state index is 14.3. The first-order valence-corrected chi connectivity index (χ1v) is 7.05. The highest BCUT2D eigenvalue weighted by atomic mass is 19.1. The van der Waals surface area contributed by atoms with Crippen LogP contribution in [0.15, 0.2) is 12.1 Å². The number of hydrogen-bond donors (Lipinski definition) is 1. The fourth-order valence-corrected chi connectivity index (χ4v) is 2.92. The minimum absolute atomic E-state index is 0.283. The molecule has 1 heterocycles. The van der Waals surface area contributed by atoms with Crippen LogP contribution in [0.1, 0.15) is 55.8 Å². The second-order valence-electron chi connectivity index (χ2n) is 5.85. The average molecular weight is 265 g/mol. The normalized spacial score (nSPS) is 20.4. The summed E-state index contributed by atoms with van der Waals surface area (Å²) in [6.45, 7) is 6.26. The second-order valence-corrected chi connectivity index (χ2v) is 5.85. The van der Waals surface area contributed by atoms with E-state index in [2.05, 4.69) is 12.2 Å². The number of alkyl halides is 1. The third kappa shape index (κ3) is 2.92. The van der Waals surface area contributed by atoms with Gasteiger partial charge in [0, 0.05) is 17.2 Å². The lowest BCUT2D eigenvalue weighted by Crippen LogP contribution is -2.28. The highest BCUT2D eigenvalue weighted by molar-refractivity contribution is 5.50. The van der Waals surface area contributed by atoms with Crippen molar-refractivity contribution in [3.63, 3.8) is 0 Å². The lowest BCUT2D eigenvalue weighted by molar-refractivity contribution is 0.212. The van der Waals surface area contributed by atoms with Crippen LogP contribution < -0.4 is 10.1 Å². The molecule has 1 aromatic carbocycles. The van der Waals surface area contributed by atoms with Crippen molar-refractivity contribution in [2.24, 2.45) is 0 Å². The number of nitrogens with one attached hydrogen (secondary N) is 1. The fraction of sp³-hybridized carbons (Fsp3) is 0.625. The summed E-state index contributed by atoms with van der Waals surface area (Å²) >= 11 is 0. The molecule has 3 heteroatoms. The summed E-state index contributed by atoms with van der Waals surface area (Å²) in [7, 11) is 1.64. The molecule has 106 valence electrons. The largest absolute Gasteiger partial charge is 0.496 e. The molecule has 0 bridgehead atoms. The van der Waals surface area contributed by atoms with Gasteiger partial charge in [-0.2, -0.15) is 0 Å². The number of methoxy groups -OCH3 is 1. The maximum Gasteiger partial charge on any atom is 0.134 e. The van der Waals surface area contributed by atoms with Gasteiger partial charge in [-0.25, -0.2) is 4.39 Å². The summed E-state index contributed by atoms with van der Waals surface area (Å²) in [5, 5.41) is 3.53. The number of halogens is 1. The Morgan fingerprint density at radius 3 is 2.58 bits per heavy atom. The zero-order chi connectivity index (χ0) is 14.0. The number of ether oxygens (including phenoxy) is 1. The monoisotopic (exact) mass is 265 g/mol. The minimum Gasteiger partial charge on any atom is -0.496 e. The van der Waals surface area contributed by atoms with Gasteiger partial charge in [0.25, 0.3) is 0 Å². The minimum atomic E-state index is -1.39. The average Bonchev–Trinajstić information content (AvgIpc) is 2.37. The van der Waals surface area contributed by atoms with E-state index in [1.165, 1.54) is 18.4 Å². The van der Waals surface area contributed by atoms with Gasteiger partial charge in [-0.3, -0.25) is 0 Å². The highest BCUT2D eigenvalue weighted by Gasteiger charge is 2.29. The standard InChI is InChI=1S/C16H24FNO/c1-11-8-9-12(16(2,3)17)15(19-4)14(11)13-7-5-6-10-18-13/h8-9,13,18H,5-7,10H2,1-4H3. The van der Waals surface area contributed by atoms with Gasteiger partial charge in [0.05, 0.1) is 7.11 Å². The van der Waals surface area contributed by atoms with Crippen molar-refractivity contribution in [2.45, 2.75) is 51.7 Å². The van der Waals surface area contributed by atoms with Gasteiger partial charge in [0.15, 0.2) is 0 Å². The molecule has 1 aliphatic heterocycles. The summed E-state index contributed by atoms with van der Waals surface area (Å²) in [6, 6.07) is 4.14. The highest BCUT2D eigenvalue weighted by Crippen LogP contribution is 2.41. The number of benzene rings is 1. The quantitative estimate of drug-likeness (QED) is 0.891.